The van der Waals surface area contributed by atoms with Crippen LogP contribution in [0, 0.1) is 0 Å². The fourth-order valence-electron chi connectivity index (χ4n) is 2.35. The van der Waals surface area contributed by atoms with Crippen LogP contribution in [0.25, 0.3) is 0 Å². The normalized spacial score (nSPS) is 20.1. The van der Waals surface area contributed by atoms with E-state index < -0.39 is 66.7 Å². The van der Waals surface area contributed by atoms with Crippen LogP contribution < -0.4 is 0 Å². The Morgan fingerprint density at radius 1 is 0.967 bits per heavy atom. The number of hydrogen-bond acceptors (Lipinski definition) is 5. The minimum Gasteiger partial charge on any atom is -0.380 e. The molecule has 30 heavy (non-hydrogen) atoms. The van der Waals surface area contributed by atoms with E-state index in [0.29, 0.717) is 12.8 Å². The molecular weight excluding hydrogens is 483 g/mol. The highest BCUT2D eigenvalue weighted by molar-refractivity contribution is 8.33. The molecule has 0 radical (unpaired) electrons. The van der Waals surface area contributed by atoms with Crippen molar-refractivity contribution in [2.75, 3.05) is 30.5 Å². The second kappa shape index (κ2) is 9.02. The number of hydrogen-bond donors (Lipinski definition) is 0. The molecule has 0 aliphatic carbocycles. The van der Waals surface area contributed by atoms with Gasteiger partial charge in [0, 0.05) is 17.9 Å². The van der Waals surface area contributed by atoms with Crippen LogP contribution in [0.5, 0.6) is 0 Å². The van der Waals surface area contributed by atoms with Crippen LogP contribution in [-0.2, 0) is 23.3 Å². The van der Waals surface area contributed by atoms with Gasteiger partial charge in [0.05, 0.1) is 19.0 Å². The summed E-state index contributed by atoms with van der Waals surface area (Å²) in [4.78, 5) is 12.0. The van der Waals surface area contributed by atoms with Gasteiger partial charge in [0.2, 0.25) is 0 Å². The van der Waals surface area contributed by atoms with Gasteiger partial charge in [-0.05, 0) is 6.42 Å². The van der Waals surface area contributed by atoms with E-state index in [2.05, 4.69) is 3.63 Å². The molecule has 180 valence electrons. The maximum Gasteiger partial charge on any atom is 0.460 e. The molecule has 0 N–H and O–H groups in total. The van der Waals surface area contributed by atoms with Gasteiger partial charge in [-0.1, -0.05) is 13.3 Å². The Bertz CT molecular complexity index is 716. The first-order valence-corrected chi connectivity index (χ1v) is 11.9. The van der Waals surface area contributed by atoms with Crippen molar-refractivity contribution < 1.29 is 61.1 Å². The number of unbranched alkanes of at least 4 members (excludes halogenated alkanes) is 1. The molecule has 16 heteroatoms. The molecule has 1 heterocycles. The summed E-state index contributed by atoms with van der Waals surface area (Å²) in [7, 11) is -10.4. The average molecular weight is 502 g/mol. The van der Waals surface area contributed by atoms with E-state index in [1.165, 1.54) is 0 Å². The van der Waals surface area contributed by atoms with Crippen molar-refractivity contribution in [2.24, 2.45) is 0 Å². The summed E-state index contributed by atoms with van der Waals surface area (Å²) in [6.07, 6.45) is -6.42. The molecule has 1 fully saturated rings. The highest BCUT2D eigenvalue weighted by Crippen LogP contribution is 2.59. The second-order valence-electron chi connectivity index (χ2n) is 6.46. The summed E-state index contributed by atoms with van der Waals surface area (Å²) in [6.45, 7) is 1.08. The molecule has 0 unspecified atom stereocenters. The van der Waals surface area contributed by atoms with Gasteiger partial charge in [-0.15, -0.1) is 10.3 Å². The van der Waals surface area contributed by atoms with Crippen LogP contribution in [0.2, 0.25) is 0 Å². The number of ketones is 1. The van der Waals surface area contributed by atoms with E-state index in [0.717, 1.165) is 0 Å². The minimum absolute atomic E-state index is 0.117. The van der Waals surface area contributed by atoms with Crippen LogP contribution in [0.3, 0.4) is 0 Å². The number of Topliss-reactive ketones (excluding diaryl/α,β-unsaturated/α-hetero) is 1. The van der Waals surface area contributed by atoms with Crippen LogP contribution in [0.15, 0.2) is 0 Å². The third kappa shape index (κ3) is 5.18. The van der Waals surface area contributed by atoms with Gasteiger partial charge in [0.1, 0.15) is 5.78 Å². The summed E-state index contributed by atoms with van der Waals surface area (Å²) >= 11 is 0. The molecule has 1 aliphatic heterocycles. The Morgan fingerprint density at radius 2 is 1.47 bits per heavy atom. The van der Waals surface area contributed by atoms with Gasteiger partial charge in [-0.25, -0.2) is 3.63 Å². The molecule has 5 nitrogen and oxygen atoms in total. The number of ether oxygens (including phenoxy) is 1. The zero-order valence-corrected chi connectivity index (χ0v) is 17.0. The number of alkyl halides is 9. The molecule has 0 atom stereocenters. The predicted molar refractivity (Wildman–Crippen MR) is 88.4 cm³/mol. The summed E-state index contributed by atoms with van der Waals surface area (Å²) in [5, 5.41) is -6.94. The first-order chi connectivity index (χ1) is 13.4. The van der Waals surface area contributed by atoms with Gasteiger partial charge < -0.3 is 4.74 Å². The lowest BCUT2D eigenvalue weighted by Crippen LogP contribution is -2.63. The van der Waals surface area contributed by atoms with Gasteiger partial charge in [0.25, 0.3) is 0 Å². The van der Waals surface area contributed by atoms with Crippen molar-refractivity contribution in [1.82, 2.24) is 0 Å². The third-order valence-corrected chi connectivity index (χ3v) is 9.52. The van der Waals surface area contributed by atoms with Gasteiger partial charge in [0.15, 0.2) is 0 Å². The van der Waals surface area contributed by atoms with Crippen molar-refractivity contribution in [3.8, 4) is 0 Å². The van der Waals surface area contributed by atoms with Crippen LogP contribution >= 0.6 is 10.3 Å². The predicted octanol–water partition coefficient (Wildman–Crippen LogP) is 4.27. The van der Waals surface area contributed by atoms with Crippen LogP contribution in [0.4, 0.5) is 39.5 Å². The van der Waals surface area contributed by atoms with E-state index >= 15 is 0 Å². The number of carbonyl (C=O) groups is 1. The largest absolute Gasteiger partial charge is 0.460 e. The molecule has 0 spiro atoms. The van der Waals surface area contributed by atoms with Crippen molar-refractivity contribution in [3.63, 3.8) is 0 Å². The first kappa shape index (κ1) is 27.3. The lowest BCUT2D eigenvalue weighted by Gasteiger charge is -2.42. The standard InChI is InChI=1S/C14H19F9O5S2/c1-2-3-4-10(24)9-29(7-5-27-6-8-29)28-30(25,26)14(22,23)12(17,18)11(15,16)13(19,20)21/h2-9H2,1H3. The molecule has 1 saturated heterocycles. The molecule has 0 aromatic rings. The molecule has 0 aromatic carbocycles. The zero-order chi connectivity index (χ0) is 23.6. The van der Waals surface area contributed by atoms with Crippen LogP contribution in [0.1, 0.15) is 26.2 Å². The lowest BCUT2D eigenvalue weighted by atomic mass is 10.1. The van der Waals surface area contributed by atoms with Crippen molar-refractivity contribution >= 4 is 26.2 Å². The Hall–Kier alpha value is -0.740. The monoisotopic (exact) mass is 502 g/mol. The summed E-state index contributed by atoms with van der Waals surface area (Å²) in [5.74, 6) is -17.2. The van der Waals surface area contributed by atoms with Crippen molar-refractivity contribution in [2.45, 2.75) is 49.5 Å². The molecule has 0 saturated carbocycles. The average Bonchev–Trinajstić information content (AvgIpc) is 2.58. The smallest absolute Gasteiger partial charge is 0.380 e. The molecule has 0 bridgehead atoms. The Labute approximate surface area is 167 Å². The summed E-state index contributed by atoms with van der Waals surface area (Å²) < 4.78 is 150. The Morgan fingerprint density at radius 3 is 1.90 bits per heavy atom. The number of halogens is 9. The summed E-state index contributed by atoms with van der Waals surface area (Å²) in [6, 6.07) is 0. The van der Waals surface area contributed by atoms with Gasteiger partial charge in [-0.2, -0.15) is 47.9 Å². The van der Waals surface area contributed by atoms with E-state index in [-0.39, 0.29) is 19.6 Å². The lowest BCUT2D eigenvalue weighted by molar-refractivity contribution is -0.382. The Kier molecular flexibility index (Phi) is 8.20. The topological polar surface area (TPSA) is 69.7 Å². The molecule has 1 aliphatic rings. The highest BCUT2D eigenvalue weighted by atomic mass is 32.3. The quantitative estimate of drug-likeness (QED) is 0.418. The van der Waals surface area contributed by atoms with Crippen molar-refractivity contribution in [3.05, 3.63) is 0 Å². The molecule has 0 amide bonds. The zero-order valence-electron chi connectivity index (χ0n) is 15.4. The Balaban J connectivity index is 3.30. The van der Waals surface area contributed by atoms with Crippen molar-refractivity contribution in [1.29, 1.82) is 0 Å². The van der Waals surface area contributed by atoms with E-state index in [9.17, 15) is 52.7 Å². The molecule has 1 rings (SSSR count). The molecular formula is C14H19F9O5S2. The number of rotatable bonds is 10. The maximum absolute atomic E-state index is 13.9. The van der Waals surface area contributed by atoms with E-state index in [1.54, 1.807) is 6.92 Å². The number of carbonyl (C=O) groups excluding carboxylic acids is 1. The third-order valence-electron chi connectivity index (χ3n) is 4.10. The van der Waals surface area contributed by atoms with Gasteiger partial charge >= 0.3 is 33.4 Å². The minimum atomic E-state index is -7.38. The first-order valence-electron chi connectivity index (χ1n) is 8.38. The van der Waals surface area contributed by atoms with Gasteiger partial charge in [-0.3, -0.25) is 4.79 Å². The summed E-state index contributed by atoms with van der Waals surface area (Å²) in [5.41, 5.74) is 0. The van der Waals surface area contributed by atoms with E-state index in [1.807, 2.05) is 0 Å². The SMILES string of the molecule is CCCCC(=O)CS1(OS(=O)(=O)C(F)(F)C(F)(F)C(F)(F)C(F)(F)F)CCOCC1. The highest BCUT2D eigenvalue weighted by Gasteiger charge is 2.86. The van der Waals surface area contributed by atoms with Crippen LogP contribution in [-0.4, -0.2) is 67.9 Å². The van der Waals surface area contributed by atoms with E-state index in [4.69, 9.17) is 4.74 Å². The molecule has 0 aromatic heterocycles. The maximum atomic E-state index is 13.9. The fraction of sp³-hybridized carbons (Fsp3) is 0.929. The second-order valence-corrected chi connectivity index (χ2v) is 11.5. The fourth-order valence-corrected chi connectivity index (χ4v) is 7.46.